The van der Waals surface area contributed by atoms with E-state index in [1.165, 1.54) is 0 Å². The van der Waals surface area contributed by atoms with Crippen LogP contribution in [0.5, 0.6) is 0 Å². The Kier molecular flexibility index (Phi) is 30.0. The van der Waals surface area contributed by atoms with Gasteiger partial charge in [0.25, 0.3) is 0 Å². The van der Waals surface area contributed by atoms with E-state index in [4.69, 9.17) is 17.5 Å². The van der Waals surface area contributed by atoms with E-state index in [1.54, 1.807) is 0 Å². The Morgan fingerprint density at radius 1 is 1.11 bits per heavy atom. The molecular formula is H10AlN2NaO4S. The molecule has 0 radical (unpaired) electrons. The van der Waals surface area contributed by atoms with E-state index in [-0.39, 0.29) is 46.9 Å². The van der Waals surface area contributed by atoms with Crippen molar-refractivity contribution in [3.63, 3.8) is 0 Å². The zero-order valence-electron chi connectivity index (χ0n) is 3.27. The SMILES string of the molecule is NN.O=S(=O)(O)O.[AlH3].[NaH]. The van der Waals surface area contributed by atoms with Crippen molar-refractivity contribution in [3.8, 4) is 0 Å². The minimum atomic E-state index is -4.67. The molecule has 54 valence electrons. The molecule has 0 aliphatic carbocycles. The number of hydrogen-bond donors (Lipinski definition) is 4. The molecule has 0 atom stereocenters. The third-order valence-electron chi connectivity index (χ3n) is 0. The first kappa shape index (κ1) is 22.4. The Morgan fingerprint density at radius 2 is 1.11 bits per heavy atom. The van der Waals surface area contributed by atoms with Crippen molar-refractivity contribution >= 4 is 57.3 Å². The number of hydrogen-bond acceptors (Lipinski definition) is 4. The van der Waals surface area contributed by atoms with Crippen molar-refractivity contribution < 1.29 is 17.5 Å². The molecule has 0 rings (SSSR count). The quantitative estimate of drug-likeness (QED) is 0.133. The third-order valence-corrected chi connectivity index (χ3v) is 0. The fourth-order valence-corrected chi connectivity index (χ4v) is 0. The van der Waals surface area contributed by atoms with Gasteiger partial charge in [-0.3, -0.25) is 20.8 Å². The molecule has 0 aliphatic heterocycles. The molecule has 6 N–H and O–H groups in total. The van der Waals surface area contributed by atoms with E-state index < -0.39 is 10.4 Å². The van der Waals surface area contributed by atoms with Crippen molar-refractivity contribution in [2.75, 3.05) is 0 Å². The molecule has 0 aliphatic rings. The van der Waals surface area contributed by atoms with Gasteiger partial charge in [0.05, 0.1) is 0 Å². The van der Waals surface area contributed by atoms with Crippen molar-refractivity contribution in [2.45, 2.75) is 0 Å². The fraction of sp³-hybridized carbons (Fsp3) is 0. The van der Waals surface area contributed by atoms with Crippen LogP contribution >= 0.6 is 0 Å². The Balaban J connectivity index is -0.0000000286. The van der Waals surface area contributed by atoms with Crippen molar-refractivity contribution in [1.82, 2.24) is 0 Å². The Labute approximate surface area is 85.9 Å². The first-order valence-electron chi connectivity index (χ1n) is 1.03. The van der Waals surface area contributed by atoms with Crippen LogP contribution in [0.1, 0.15) is 0 Å². The topological polar surface area (TPSA) is 127 Å². The summed E-state index contributed by atoms with van der Waals surface area (Å²) in [6, 6.07) is 0. The normalized spacial score (nSPS) is 7.11. The summed E-state index contributed by atoms with van der Waals surface area (Å²) in [4.78, 5) is 0. The monoisotopic (exact) mass is 184 g/mol. The van der Waals surface area contributed by atoms with Crippen LogP contribution in [0.3, 0.4) is 0 Å². The maximum absolute atomic E-state index is 8.74. The summed E-state index contributed by atoms with van der Waals surface area (Å²) in [6.07, 6.45) is 0. The van der Waals surface area contributed by atoms with E-state index in [0.717, 1.165) is 0 Å². The second kappa shape index (κ2) is 12.0. The van der Waals surface area contributed by atoms with Crippen LogP contribution in [0.2, 0.25) is 0 Å². The van der Waals surface area contributed by atoms with E-state index in [1.807, 2.05) is 0 Å². The summed E-state index contributed by atoms with van der Waals surface area (Å²) in [7, 11) is -4.67. The maximum atomic E-state index is 8.74. The van der Waals surface area contributed by atoms with E-state index in [9.17, 15) is 0 Å². The van der Waals surface area contributed by atoms with Gasteiger partial charge in [-0.2, -0.15) is 8.42 Å². The summed E-state index contributed by atoms with van der Waals surface area (Å²) in [5.74, 6) is 8.00. The molecule has 0 amide bonds. The predicted octanol–water partition coefficient (Wildman–Crippen LogP) is -3.67. The standard InChI is InChI=1S/Al.H4N2.Na.H2O4S.4H/c;1-2;;1-5(2,3)4;;;;/h;1-2H2;;(H2,1,2,3,4);;;;. The molecule has 0 heterocycles. The molecule has 0 spiro atoms. The van der Waals surface area contributed by atoms with E-state index in [0.29, 0.717) is 0 Å². The molecule has 9 heavy (non-hydrogen) atoms. The molecule has 0 aromatic carbocycles. The van der Waals surface area contributed by atoms with E-state index in [2.05, 4.69) is 11.7 Å². The van der Waals surface area contributed by atoms with Gasteiger partial charge in [-0.05, 0) is 0 Å². The van der Waals surface area contributed by atoms with Crippen LogP contribution in [-0.2, 0) is 10.4 Å². The summed E-state index contributed by atoms with van der Waals surface area (Å²) >= 11 is 0. The fourth-order valence-electron chi connectivity index (χ4n) is 0. The Morgan fingerprint density at radius 3 is 1.11 bits per heavy atom. The van der Waals surface area contributed by atoms with Crippen LogP contribution in [0, 0.1) is 0 Å². The second-order valence-corrected chi connectivity index (χ2v) is 1.34. The summed E-state index contributed by atoms with van der Waals surface area (Å²) < 4.78 is 31.6. The summed E-state index contributed by atoms with van der Waals surface area (Å²) in [6.45, 7) is 0. The van der Waals surface area contributed by atoms with Crippen molar-refractivity contribution in [3.05, 3.63) is 0 Å². The van der Waals surface area contributed by atoms with Gasteiger partial charge in [0, 0.05) is 0 Å². The third kappa shape index (κ3) is 286. The van der Waals surface area contributed by atoms with Crippen molar-refractivity contribution in [2.24, 2.45) is 11.7 Å². The van der Waals surface area contributed by atoms with Gasteiger partial charge < -0.3 is 0 Å². The molecule has 0 fully saturated rings. The first-order chi connectivity index (χ1) is 3.00. The van der Waals surface area contributed by atoms with Gasteiger partial charge in [-0.1, -0.05) is 0 Å². The van der Waals surface area contributed by atoms with Gasteiger partial charge in [0.2, 0.25) is 0 Å². The van der Waals surface area contributed by atoms with Gasteiger partial charge in [0.15, 0.2) is 17.4 Å². The average molecular weight is 184 g/mol. The Bertz CT molecular complexity index is 102. The molecular weight excluding hydrogens is 174 g/mol. The van der Waals surface area contributed by atoms with Crippen LogP contribution in [0.25, 0.3) is 0 Å². The zero-order valence-corrected chi connectivity index (χ0v) is 4.09. The molecule has 0 unspecified atom stereocenters. The number of hydrazine groups is 1. The average Bonchev–Trinajstić information content (AvgIpc) is 1.36. The van der Waals surface area contributed by atoms with Crippen LogP contribution in [0.15, 0.2) is 0 Å². The Hall–Kier alpha value is 1.32. The molecule has 0 saturated heterocycles. The van der Waals surface area contributed by atoms with Gasteiger partial charge in [0.1, 0.15) is 0 Å². The summed E-state index contributed by atoms with van der Waals surface area (Å²) in [5.41, 5.74) is 0. The molecule has 6 nitrogen and oxygen atoms in total. The zero-order chi connectivity index (χ0) is 6.50. The van der Waals surface area contributed by atoms with Crippen LogP contribution < -0.4 is 11.7 Å². The number of nitrogens with two attached hydrogens (primary N) is 2. The van der Waals surface area contributed by atoms with Gasteiger partial charge in [-0.25, -0.2) is 0 Å². The first-order valence-corrected chi connectivity index (χ1v) is 2.43. The van der Waals surface area contributed by atoms with E-state index >= 15 is 0 Å². The molecule has 0 bridgehead atoms. The molecule has 0 aromatic heterocycles. The van der Waals surface area contributed by atoms with Gasteiger partial charge in [-0.15, -0.1) is 0 Å². The second-order valence-electron chi connectivity index (χ2n) is 0.448. The van der Waals surface area contributed by atoms with Crippen molar-refractivity contribution in [1.29, 1.82) is 0 Å². The minimum absolute atomic E-state index is 0. The molecule has 9 heteroatoms. The molecule has 0 aromatic rings. The summed E-state index contributed by atoms with van der Waals surface area (Å²) in [5, 5.41) is 0. The predicted molar refractivity (Wildman–Crippen MR) is 39.6 cm³/mol. The molecule has 0 saturated carbocycles. The van der Waals surface area contributed by atoms with Crippen LogP contribution in [0.4, 0.5) is 0 Å². The number of rotatable bonds is 0. The van der Waals surface area contributed by atoms with Crippen LogP contribution in [-0.4, -0.2) is 64.4 Å². The van der Waals surface area contributed by atoms with Gasteiger partial charge >= 0.3 is 40.0 Å².